The molecule has 2 rings (SSSR count). The third-order valence-corrected chi connectivity index (χ3v) is 4.91. The van der Waals surface area contributed by atoms with Crippen molar-refractivity contribution in [3.05, 3.63) is 36.4 Å². The first kappa shape index (κ1) is 15.4. The van der Waals surface area contributed by atoms with Crippen LogP contribution in [0.25, 0.3) is 0 Å². The summed E-state index contributed by atoms with van der Waals surface area (Å²) in [7, 11) is -1.65. The third-order valence-electron chi connectivity index (χ3n) is 3.15. The summed E-state index contributed by atoms with van der Waals surface area (Å²) in [5, 5.41) is 0. The van der Waals surface area contributed by atoms with Gasteiger partial charge >= 0.3 is 0 Å². The van der Waals surface area contributed by atoms with E-state index < -0.39 is 9.84 Å². The fraction of sp³-hybridized carbons (Fsp3) is 0.357. The standard InChI is InChI=1S/C14H19N3O3S/c1-3-20-11-4-5-12(15)13(10-11)21(18,19)9-6-14-16-7-8-17(14)2/h4-5,7-8,10H,3,6,9,15H2,1-2H3. The summed E-state index contributed by atoms with van der Waals surface area (Å²) in [6.07, 6.45) is 3.77. The van der Waals surface area contributed by atoms with Crippen LogP contribution in [0.15, 0.2) is 35.5 Å². The topological polar surface area (TPSA) is 87.2 Å². The van der Waals surface area contributed by atoms with Crippen molar-refractivity contribution in [2.75, 3.05) is 18.1 Å². The highest BCUT2D eigenvalue weighted by molar-refractivity contribution is 7.91. The van der Waals surface area contributed by atoms with Gasteiger partial charge in [0.2, 0.25) is 0 Å². The highest BCUT2D eigenvalue weighted by Gasteiger charge is 2.19. The van der Waals surface area contributed by atoms with Gasteiger partial charge in [0.1, 0.15) is 11.6 Å². The van der Waals surface area contributed by atoms with Gasteiger partial charge in [-0.3, -0.25) is 0 Å². The lowest BCUT2D eigenvalue weighted by Crippen LogP contribution is -2.13. The van der Waals surface area contributed by atoms with Gasteiger partial charge in [0, 0.05) is 31.9 Å². The molecule has 0 bridgehead atoms. The number of hydrogen-bond acceptors (Lipinski definition) is 5. The van der Waals surface area contributed by atoms with Crippen LogP contribution in [0.3, 0.4) is 0 Å². The monoisotopic (exact) mass is 309 g/mol. The smallest absolute Gasteiger partial charge is 0.180 e. The zero-order chi connectivity index (χ0) is 15.5. The van der Waals surface area contributed by atoms with Crippen LogP contribution in [-0.2, 0) is 23.3 Å². The number of aryl methyl sites for hydroxylation is 2. The molecule has 2 aromatic rings. The molecule has 0 amide bonds. The normalized spacial score (nSPS) is 11.5. The second-order valence-corrected chi connectivity index (χ2v) is 6.73. The highest BCUT2D eigenvalue weighted by atomic mass is 32.2. The van der Waals surface area contributed by atoms with E-state index in [4.69, 9.17) is 10.5 Å². The molecular weight excluding hydrogens is 290 g/mol. The minimum atomic E-state index is -3.48. The number of nitrogens with zero attached hydrogens (tertiary/aromatic N) is 2. The Morgan fingerprint density at radius 1 is 1.38 bits per heavy atom. The molecule has 0 radical (unpaired) electrons. The average molecular weight is 309 g/mol. The largest absolute Gasteiger partial charge is 0.494 e. The zero-order valence-electron chi connectivity index (χ0n) is 12.1. The molecule has 21 heavy (non-hydrogen) atoms. The van der Waals surface area contributed by atoms with Gasteiger partial charge in [0.05, 0.1) is 22.9 Å². The van der Waals surface area contributed by atoms with Crippen molar-refractivity contribution in [2.24, 2.45) is 7.05 Å². The van der Waals surface area contributed by atoms with Gasteiger partial charge in [-0.05, 0) is 19.1 Å². The first-order valence-corrected chi connectivity index (χ1v) is 8.30. The molecule has 114 valence electrons. The molecule has 0 aliphatic rings. The lowest BCUT2D eigenvalue weighted by molar-refractivity contribution is 0.339. The minimum Gasteiger partial charge on any atom is -0.494 e. The van der Waals surface area contributed by atoms with Crippen LogP contribution >= 0.6 is 0 Å². The lowest BCUT2D eigenvalue weighted by Gasteiger charge is -2.10. The van der Waals surface area contributed by atoms with Crippen molar-refractivity contribution in [3.8, 4) is 5.75 Å². The molecule has 1 aromatic heterocycles. The fourth-order valence-electron chi connectivity index (χ4n) is 2.01. The number of aromatic nitrogens is 2. The number of rotatable bonds is 6. The molecule has 1 heterocycles. The van der Waals surface area contributed by atoms with E-state index in [0.29, 0.717) is 18.8 Å². The van der Waals surface area contributed by atoms with E-state index in [1.165, 1.54) is 6.07 Å². The van der Waals surface area contributed by atoms with Gasteiger partial charge in [0.25, 0.3) is 0 Å². The van der Waals surface area contributed by atoms with E-state index in [1.807, 2.05) is 14.0 Å². The van der Waals surface area contributed by atoms with E-state index in [2.05, 4.69) is 4.98 Å². The molecule has 6 nitrogen and oxygen atoms in total. The van der Waals surface area contributed by atoms with E-state index in [1.54, 1.807) is 29.1 Å². The number of anilines is 1. The molecular formula is C14H19N3O3S. The van der Waals surface area contributed by atoms with Crippen LogP contribution in [0.2, 0.25) is 0 Å². The Kier molecular flexibility index (Phi) is 4.52. The van der Waals surface area contributed by atoms with Gasteiger partial charge in [-0.1, -0.05) is 0 Å². The molecule has 0 saturated heterocycles. The minimum absolute atomic E-state index is 0.0440. The molecule has 0 spiro atoms. The Hall–Kier alpha value is -2.02. The summed E-state index contributed by atoms with van der Waals surface area (Å²) in [6.45, 7) is 2.31. The summed E-state index contributed by atoms with van der Waals surface area (Å²) < 4.78 is 32.0. The van der Waals surface area contributed by atoms with Gasteiger partial charge in [0.15, 0.2) is 9.84 Å². The first-order chi connectivity index (χ1) is 9.94. The lowest BCUT2D eigenvalue weighted by atomic mass is 10.3. The predicted octanol–water partition coefficient (Wildman–Crippen LogP) is 1.42. The number of benzene rings is 1. The van der Waals surface area contributed by atoms with Gasteiger partial charge in [-0.15, -0.1) is 0 Å². The molecule has 0 aliphatic heterocycles. The fourth-order valence-corrected chi connectivity index (χ4v) is 3.41. The Morgan fingerprint density at radius 2 is 2.14 bits per heavy atom. The summed E-state index contributed by atoms with van der Waals surface area (Å²) in [5.74, 6) is 1.18. The predicted molar refractivity (Wildman–Crippen MR) is 81.0 cm³/mol. The molecule has 0 aliphatic carbocycles. The Balaban J connectivity index is 2.22. The number of imidazole rings is 1. The molecule has 0 saturated carbocycles. The summed E-state index contributed by atoms with van der Waals surface area (Å²) in [4.78, 5) is 4.24. The first-order valence-electron chi connectivity index (χ1n) is 6.65. The Labute approximate surface area is 124 Å². The maximum Gasteiger partial charge on any atom is 0.180 e. The summed E-state index contributed by atoms with van der Waals surface area (Å²) in [6, 6.07) is 4.70. The third kappa shape index (κ3) is 3.55. The zero-order valence-corrected chi connectivity index (χ0v) is 12.9. The van der Waals surface area contributed by atoms with Crippen LogP contribution in [0.4, 0.5) is 5.69 Å². The highest BCUT2D eigenvalue weighted by Crippen LogP contribution is 2.25. The van der Waals surface area contributed by atoms with Crippen molar-refractivity contribution in [3.63, 3.8) is 0 Å². The molecule has 0 unspecified atom stereocenters. The molecule has 7 heteroatoms. The van der Waals surface area contributed by atoms with Crippen LogP contribution in [-0.4, -0.2) is 30.3 Å². The number of sulfone groups is 1. The van der Waals surface area contributed by atoms with Crippen molar-refractivity contribution in [1.82, 2.24) is 9.55 Å². The molecule has 0 atom stereocenters. The Morgan fingerprint density at radius 3 is 2.76 bits per heavy atom. The van der Waals surface area contributed by atoms with E-state index >= 15 is 0 Å². The summed E-state index contributed by atoms with van der Waals surface area (Å²) >= 11 is 0. The average Bonchev–Trinajstić information content (AvgIpc) is 2.84. The van der Waals surface area contributed by atoms with Gasteiger partial charge < -0.3 is 15.0 Å². The van der Waals surface area contributed by atoms with Crippen LogP contribution < -0.4 is 10.5 Å². The maximum absolute atomic E-state index is 12.4. The quantitative estimate of drug-likeness (QED) is 0.815. The van der Waals surface area contributed by atoms with Crippen molar-refractivity contribution >= 4 is 15.5 Å². The van der Waals surface area contributed by atoms with Crippen molar-refractivity contribution < 1.29 is 13.2 Å². The Bertz CT molecular complexity index is 723. The molecule has 2 N–H and O–H groups in total. The molecule has 1 aromatic carbocycles. The second-order valence-electron chi connectivity index (χ2n) is 4.66. The van der Waals surface area contributed by atoms with Crippen molar-refractivity contribution in [2.45, 2.75) is 18.2 Å². The van der Waals surface area contributed by atoms with Gasteiger partial charge in [-0.25, -0.2) is 13.4 Å². The van der Waals surface area contributed by atoms with Crippen LogP contribution in [0, 0.1) is 0 Å². The van der Waals surface area contributed by atoms with Crippen LogP contribution in [0.1, 0.15) is 12.7 Å². The van der Waals surface area contributed by atoms with Gasteiger partial charge in [-0.2, -0.15) is 0 Å². The van der Waals surface area contributed by atoms with Crippen LogP contribution in [0.5, 0.6) is 5.75 Å². The second kappa shape index (κ2) is 6.17. The number of nitrogen functional groups attached to an aromatic ring is 1. The number of ether oxygens (including phenoxy) is 1. The van der Waals surface area contributed by atoms with E-state index in [0.717, 1.165) is 5.82 Å². The SMILES string of the molecule is CCOc1ccc(N)c(S(=O)(=O)CCc2nccn2C)c1. The van der Waals surface area contributed by atoms with E-state index in [9.17, 15) is 8.42 Å². The van der Waals surface area contributed by atoms with Crippen molar-refractivity contribution in [1.29, 1.82) is 0 Å². The summed E-state index contributed by atoms with van der Waals surface area (Å²) in [5.41, 5.74) is 6.03. The van der Waals surface area contributed by atoms with E-state index in [-0.39, 0.29) is 16.3 Å². The number of hydrogen-bond donors (Lipinski definition) is 1. The number of nitrogens with two attached hydrogens (primary N) is 1. The molecule has 0 fully saturated rings. The maximum atomic E-state index is 12.4.